The molecule has 0 bridgehead atoms. The number of nitrogens with zero attached hydrogens (tertiary/aromatic N) is 3. The van der Waals surface area contributed by atoms with Gasteiger partial charge < -0.3 is 4.57 Å². The van der Waals surface area contributed by atoms with Crippen LogP contribution in [0.15, 0.2) is 29.3 Å². The molecule has 0 aromatic heterocycles. The van der Waals surface area contributed by atoms with E-state index in [2.05, 4.69) is 32.7 Å². The molecule has 0 spiro atoms. The van der Waals surface area contributed by atoms with Gasteiger partial charge in [0.15, 0.2) is 0 Å². The van der Waals surface area contributed by atoms with Crippen molar-refractivity contribution in [3.05, 3.63) is 39.9 Å². The van der Waals surface area contributed by atoms with Crippen LogP contribution >= 0.6 is 0 Å². The Morgan fingerprint density at radius 2 is 1.92 bits per heavy atom. The number of aliphatic imine (C=N–C) groups is 1. The van der Waals surface area contributed by atoms with E-state index in [4.69, 9.17) is 0 Å². The largest absolute Gasteiger partial charge is 0.368 e. The van der Waals surface area contributed by atoms with Crippen molar-refractivity contribution in [1.29, 1.82) is 0 Å². The van der Waals surface area contributed by atoms with Crippen molar-refractivity contribution in [2.45, 2.75) is 51.7 Å². The summed E-state index contributed by atoms with van der Waals surface area (Å²) in [4.78, 5) is 27.0. The topological polar surface area (TPSA) is 75.8 Å². The normalized spacial score (nSPS) is 21.9. The molecule has 1 saturated heterocycles. The van der Waals surface area contributed by atoms with E-state index in [-0.39, 0.29) is 28.7 Å². The van der Waals surface area contributed by atoms with Gasteiger partial charge in [-0.2, -0.15) is 0 Å². The molecule has 2 atom stereocenters. The molecule has 1 heterocycles. The van der Waals surface area contributed by atoms with E-state index in [1.165, 1.54) is 12.1 Å². The molecule has 1 aromatic rings. The fourth-order valence-corrected chi connectivity index (χ4v) is 4.62. The molecule has 0 saturated carbocycles. The maximum absolute atomic E-state index is 12.4. The molecule has 2 unspecified atom stereocenters. The number of rotatable bonds is 6. The number of benzene rings is 1. The van der Waals surface area contributed by atoms with Crippen molar-refractivity contribution >= 4 is 27.5 Å². The zero-order chi connectivity index (χ0) is 18.1. The van der Waals surface area contributed by atoms with Crippen LogP contribution in [0.3, 0.4) is 0 Å². The minimum Gasteiger partial charge on any atom is -0.368 e. The fourth-order valence-electron chi connectivity index (χ4n) is 2.55. The molecule has 130 valence electrons. The van der Waals surface area contributed by atoms with E-state index in [1.807, 2.05) is 11.5 Å². The van der Waals surface area contributed by atoms with E-state index >= 15 is 0 Å². The first-order valence-corrected chi connectivity index (χ1v) is 9.55. The first-order valence-electron chi connectivity index (χ1n) is 8.21. The van der Waals surface area contributed by atoms with Crippen molar-refractivity contribution in [2.24, 2.45) is 10.9 Å². The Morgan fingerprint density at radius 3 is 2.38 bits per heavy atom. The van der Waals surface area contributed by atoms with Crippen LogP contribution in [0.1, 0.15) is 40.2 Å². The summed E-state index contributed by atoms with van der Waals surface area (Å²) in [7, 11) is -0.683. The summed E-state index contributed by atoms with van der Waals surface area (Å²) < 4.78 is 2.03. The zero-order valence-electron chi connectivity index (χ0n) is 14.9. The second-order valence-electron chi connectivity index (χ2n) is 7.42. The summed E-state index contributed by atoms with van der Waals surface area (Å²) in [6.07, 6.45) is 1.63. The average Bonchev–Trinajstić information content (AvgIpc) is 2.53. The van der Waals surface area contributed by atoms with Crippen molar-refractivity contribution in [3.8, 4) is 0 Å². The molecule has 1 aromatic carbocycles. The van der Waals surface area contributed by atoms with Gasteiger partial charge in [-0.3, -0.25) is 19.9 Å². The quantitative estimate of drug-likeness (QED) is 0.261. The van der Waals surface area contributed by atoms with Gasteiger partial charge in [0.05, 0.1) is 11.0 Å². The Morgan fingerprint density at radius 1 is 1.33 bits per heavy atom. The van der Waals surface area contributed by atoms with Crippen LogP contribution in [0.5, 0.6) is 0 Å². The summed E-state index contributed by atoms with van der Waals surface area (Å²) >= 11 is 0. The Balaban J connectivity index is 2.00. The maximum Gasteiger partial charge on any atom is 0.269 e. The fraction of sp³-hybridized carbons (Fsp3) is 0.529. The molecular formula is C17H25N3O3Si. The molecule has 24 heavy (non-hydrogen) atoms. The standard InChI is InChI=1S/C17H25N3O3Si/c1-11(2)17(4,5)24-19-12(3)15(16(19)21)18-10-13-6-8-14(9-7-13)20(22)23/h6-12,15H,24H2,1-5H3. The predicted molar refractivity (Wildman–Crippen MR) is 98.2 cm³/mol. The highest BCUT2D eigenvalue weighted by Gasteiger charge is 2.46. The van der Waals surface area contributed by atoms with Crippen molar-refractivity contribution in [1.82, 2.24) is 4.57 Å². The van der Waals surface area contributed by atoms with Gasteiger partial charge in [0.2, 0.25) is 5.91 Å². The highest BCUT2D eigenvalue weighted by molar-refractivity contribution is 6.42. The molecule has 0 aliphatic carbocycles. The van der Waals surface area contributed by atoms with Crippen LogP contribution in [0.25, 0.3) is 0 Å². The summed E-state index contributed by atoms with van der Waals surface area (Å²) in [5, 5.41) is 10.8. The van der Waals surface area contributed by atoms with Gasteiger partial charge in [0.25, 0.3) is 5.69 Å². The van der Waals surface area contributed by atoms with E-state index < -0.39 is 14.6 Å². The second-order valence-corrected chi connectivity index (χ2v) is 10.2. The molecule has 2 rings (SSSR count). The zero-order valence-corrected chi connectivity index (χ0v) is 16.3. The first-order chi connectivity index (χ1) is 11.1. The second kappa shape index (κ2) is 6.84. The summed E-state index contributed by atoms with van der Waals surface area (Å²) in [6.45, 7) is 10.9. The number of hydrogen-bond acceptors (Lipinski definition) is 4. The summed E-state index contributed by atoms with van der Waals surface area (Å²) in [5.74, 6) is 0.660. The number of amides is 1. The smallest absolute Gasteiger partial charge is 0.269 e. The minimum absolute atomic E-state index is 0.0494. The third-order valence-corrected chi connectivity index (χ3v) is 7.97. The van der Waals surface area contributed by atoms with E-state index in [0.717, 1.165) is 5.56 Å². The molecule has 0 radical (unpaired) electrons. The molecular weight excluding hydrogens is 322 g/mol. The molecule has 6 nitrogen and oxygen atoms in total. The van der Waals surface area contributed by atoms with Gasteiger partial charge >= 0.3 is 0 Å². The number of β-lactam (4-membered cyclic amide) rings is 1. The number of carbonyl (C=O) groups is 1. The Kier molecular flexibility index (Phi) is 5.22. The lowest BCUT2D eigenvalue weighted by Crippen LogP contribution is -2.65. The van der Waals surface area contributed by atoms with E-state index in [1.54, 1.807) is 18.3 Å². The monoisotopic (exact) mass is 347 g/mol. The van der Waals surface area contributed by atoms with Crippen molar-refractivity contribution < 1.29 is 9.72 Å². The van der Waals surface area contributed by atoms with Crippen LogP contribution in [0.4, 0.5) is 5.69 Å². The number of carbonyl (C=O) groups excluding carboxylic acids is 1. The van der Waals surface area contributed by atoms with Crippen LogP contribution in [-0.2, 0) is 4.79 Å². The molecule has 1 fully saturated rings. The van der Waals surface area contributed by atoms with Crippen LogP contribution in [-0.4, -0.2) is 43.4 Å². The Bertz CT molecular complexity index is 656. The van der Waals surface area contributed by atoms with Crippen molar-refractivity contribution in [2.75, 3.05) is 0 Å². The van der Waals surface area contributed by atoms with Gasteiger partial charge in [-0.15, -0.1) is 0 Å². The van der Waals surface area contributed by atoms with Crippen LogP contribution in [0.2, 0.25) is 5.04 Å². The number of hydrogen-bond donors (Lipinski definition) is 0. The lowest BCUT2D eigenvalue weighted by molar-refractivity contribution is -0.384. The Labute approximate surface area is 145 Å². The predicted octanol–water partition coefficient (Wildman–Crippen LogP) is 2.55. The van der Waals surface area contributed by atoms with E-state index in [9.17, 15) is 14.9 Å². The van der Waals surface area contributed by atoms with Crippen LogP contribution < -0.4 is 0 Å². The summed E-state index contributed by atoms with van der Waals surface area (Å²) in [5.41, 5.74) is 0.812. The Hall–Kier alpha value is -2.02. The number of non-ortho nitro benzene ring substituents is 1. The molecule has 1 aliphatic rings. The highest BCUT2D eigenvalue weighted by Crippen LogP contribution is 2.36. The van der Waals surface area contributed by atoms with Gasteiger partial charge in [-0.05, 0) is 35.6 Å². The van der Waals surface area contributed by atoms with Gasteiger partial charge in [0.1, 0.15) is 15.7 Å². The SMILES string of the molecule is CC1C(N=Cc2ccc([N+](=O)[O-])cc2)C(=O)N1[SiH2]C(C)(C)C(C)C. The van der Waals surface area contributed by atoms with Crippen molar-refractivity contribution in [3.63, 3.8) is 0 Å². The minimum atomic E-state index is -0.683. The third-order valence-electron chi connectivity index (χ3n) is 5.11. The highest BCUT2D eigenvalue weighted by atomic mass is 28.2. The lowest BCUT2D eigenvalue weighted by atomic mass is 9.99. The van der Waals surface area contributed by atoms with E-state index in [0.29, 0.717) is 5.92 Å². The van der Waals surface area contributed by atoms with Crippen LogP contribution in [0, 0.1) is 16.0 Å². The number of nitro benzene ring substituents is 1. The van der Waals surface area contributed by atoms with Gasteiger partial charge in [-0.1, -0.05) is 27.7 Å². The first kappa shape index (κ1) is 18.3. The summed E-state index contributed by atoms with van der Waals surface area (Å²) in [6, 6.07) is 5.98. The molecule has 1 amide bonds. The molecule has 0 N–H and O–H groups in total. The molecule has 7 heteroatoms. The maximum atomic E-state index is 12.4. The lowest BCUT2D eigenvalue weighted by Gasteiger charge is -2.48. The van der Waals surface area contributed by atoms with Gasteiger partial charge in [0, 0.05) is 18.3 Å². The third kappa shape index (κ3) is 3.72. The van der Waals surface area contributed by atoms with Gasteiger partial charge in [-0.25, -0.2) is 0 Å². The average molecular weight is 347 g/mol. The number of nitro groups is 1. The molecule has 1 aliphatic heterocycles.